The van der Waals surface area contributed by atoms with E-state index >= 15 is 0 Å². The number of nitrogens with zero attached hydrogens (tertiary/aromatic N) is 5. The Morgan fingerprint density at radius 2 is 1.97 bits per heavy atom. The minimum absolute atomic E-state index is 0.0537. The van der Waals surface area contributed by atoms with Gasteiger partial charge in [0.2, 0.25) is 5.88 Å². The molecule has 0 saturated carbocycles. The largest absolute Gasteiger partial charge is 0.465 e. The average Bonchev–Trinajstić information content (AvgIpc) is 3.22. The minimum atomic E-state index is -0.982. The zero-order valence-electron chi connectivity index (χ0n) is 20.3. The van der Waals surface area contributed by atoms with E-state index in [9.17, 15) is 19.1 Å². The molecular formula is C24H29FN6O5. The van der Waals surface area contributed by atoms with Crippen molar-refractivity contribution in [1.29, 1.82) is 0 Å². The van der Waals surface area contributed by atoms with Crippen LogP contribution in [0.2, 0.25) is 0 Å². The summed E-state index contributed by atoms with van der Waals surface area (Å²) in [6, 6.07) is 5.62. The zero-order valence-corrected chi connectivity index (χ0v) is 20.3. The standard InChI is InChI=1S/C24H29FN6O5/c1-24(2,3)36-23(34)30(17-7-9-29(10-8-17)22(32)33)13-15-6-11-31-20(15)21(27-14-28-31)35-19-5-4-16(26)12-18(19)25/h4-6,11-12,14,17H,7-10,13,26H2,1-3H3,(H,32,33). The van der Waals surface area contributed by atoms with Crippen molar-refractivity contribution in [2.24, 2.45) is 0 Å². The highest BCUT2D eigenvalue weighted by Gasteiger charge is 2.33. The summed E-state index contributed by atoms with van der Waals surface area (Å²) in [6.07, 6.45) is 2.42. The number of halogens is 1. The van der Waals surface area contributed by atoms with Crippen LogP contribution in [0, 0.1) is 5.82 Å². The highest BCUT2D eigenvalue weighted by molar-refractivity contribution is 5.71. The maximum atomic E-state index is 14.4. The third-order valence-electron chi connectivity index (χ3n) is 5.81. The molecule has 2 amide bonds. The van der Waals surface area contributed by atoms with Gasteiger partial charge in [-0.15, -0.1) is 0 Å². The Kier molecular flexibility index (Phi) is 6.86. The molecule has 0 bridgehead atoms. The van der Waals surface area contributed by atoms with Crippen LogP contribution in [0.1, 0.15) is 39.2 Å². The lowest BCUT2D eigenvalue weighted by molar-refractivity contribution is 0.00673. The van der Waals surface area contributed by atoms with Gasteiger partial charge in [0.15, 0.2) is 11.6 Å². The summed E-state index contributed by atoms with van der Waals surface area (Å²) >= 11 is 0. The Morgan fingerprint density at radius 3 is 2.61 bits per heavy atom. The van der Waals surface area contributed by atoms with E-state index in [4.69, 9.17) is 15.2 Å². The molecule has 1 aliphatic rings. The van der Waals surface area contributed by atoms with E-state index < -0.39 is 23.6 Å². The molecule has 0 atom stereocenters. The Hall–Kier alpha value is -4.09. The Morgan fingerprint density at radius 1 is 1.25 bits per heavy atom. The van der Waals surface area contributed by atoms with Gasteiger partial charge in [0, 0.05) is 42.6 Å². The summed E-state index contributed by atoms with van der Waals surface area (Å²) in [4.78, 5) is 31.7. The minimum Gasteiger partial charge on any atom is -0.465 e. The van der Waals surface area contributed by atoms with Crippen molar-refractivity contribution in [3.63, 3.8) is 0 Å². The van der Waals surface area contributed by atoms with Crippen molar-refractivity contribution in [2.45, 2.75) is 51.8 Å². The number of piperidine rings is 1. The molecule has 0 radical (unpaired) electrons. The topological polar surface area (TPSA) is 136 Å². The second kappa shape index (κ2) is 9.88. The van der Waals surface area contributed by atoms with Crippen molar-refractivity contribution < 1.29 is 28.6 Å². The molecule has 12 heteroatoms. The average molecular weight is 501 g/mol. The van der Waals surface area contributed by atoms with Gasteiger partial charge in [-0.3, -0.25) is 0 Å². The van der Waals surface area contributed by atoms with E-state index in [0.717, 1.165) is 6.07 Å². The normalized spacial score (nSPS) is 14.6. The molecule has 0 aliphatic carbocycles. The fourth-order valence-corrected chi connectivity index (χ4v) is 4.11. The predicted octanol–water partition coefficient (Wildman–Crippen LogP) is 4.12. The molecule has 2 aromatic heterocycles. The number of rotatable bonds is 5. The van der Waals surface area contributed by atoms with E-state index in [1.165, 1.54) is 27.9 Å². The van der Waals surface area contributed by atoms with Crippen molar-refractivity contribution in [3.8, 4) is 11.6 Å². The van der Waals surface area contributed by atoms with Crippen LogP contribution in [0.15, 0.2) is 36.8 Å². The smallest absolute Gasteiger partial charge is 0.410 e. The lowest BCUT2D eigenvalue weighted by Crippen LogP contribution is -2.49. The number of hydrogen-bond acceptors (Lipinski definition) is 7. The number of nitrogen functional groups attached to an aromatic ring is 1. The highest BCUT2D eigenvalue weighted by Crippen LogP contribution is 2.31. The maximum absolute atomic E-state index is 14.4. The molecule has 0 unspecified atom stereocenters. The van der Waals surface area contributed by atoms with Crippen LogP contribution in [-0.2, 0) is 11.3 Å². The Labute approximate surface area is 207 Å². The molecular weight excluding hydrogens is 471 g/mol. The highest BCUT2D eigenvalue weighted by atomic mass is 19.1. The predicted molar refractivity (Wildman–Crippen MR) is 128 cm³/mol. The molecule has 36 heavy (non-hydrogen) atoms. The Balaban J connectivity index is 1.65. The molecule has 4 rings (SSSR count). The molecule has 3 N–H and O–H groups in total. The number of carbonyl (C=O) groups excluding carboxylic acids is 1. The number of aromatic nitrogens is 3. The summed E-state index contributed by atoms with van der Waals surface area (Å²) < 4.78 is 27.4. The van der Waals surface area contributed by atoms with Gasteiger partial charge in [-0.2, -0.15) is 10.1 Å². The first-order valence-electron chi connectivity index (χ1n) is 11.5. The quantitative estimate of drug-likeness (QED) is 0.500. The molecule has 3 heterocycles. The molecule has 0 spiro atoms. The number of amides is 2. The van der Waals surface area contributed by atoms with Crippen LogP contribution in [0.25, 0.3) is 5.52 Å². The summed E-state index contributed by atoms with van der Waals surface area (Å²) in [5.74, 6) is -0.582. The van der Waals surface area contributed by atoms with Gasteiger partial charge >= 0.3 is 12.2 Å². The lowest BCUT2D eigenvalue weighted by atomic mass is 10.0. The second-order valence-electron chi connectivity index (χ2n) is 9.60. The summed E-state index contributed by atoms with van der Waals surface area (Å²) in [5.41, 5.74) is 6.30. The van der Waals surface area contributed by atoms with Gasteiger partial charge in [0.05, 0.1) is 6.54 Å². The van der Waals surface area contributed by atoms with Gasteiger partial charge in [-0.05, 0) is 51.8 Å². The number of nitrogens with two attached hydrogens (primary N) is 1. The van der Waals surface area contributed by atoms with Crippen LogP contribution in [-0.4, -0.2) is 66.4 Å². The van der Waals surface area contributed by atoms with Gasteiger partial charge in [-0.1, -0.05) is 0 Å². The summed E-state index contributed by atoms with van der Waals surface area (Å²) in [7, 11) is 0. The molecule has 11 nitrogen and oxygen atoms in total. The van der Waals surface area contributed by atoms with E-state index in [-0.39, 0.29) is 29.9 Å². The summed E-state index contributed by atoms with van der Waals surface area (Å²) in [6.45, 7) is 6.10. The van der Waals surface area contributed by atoms with E-state index in [2.05, 4.69) is 10.1 Å². The SMILES string of the molecule is CC(C)(C)OC(=O)N(Cc1ccn2ncnc(Oc3ccc(N)cc3F)c12)C1CCN(C(=O)O)CC1. The molecule has 1 aromatic carbocycles. The van der Waals surface area contributed by atoms with Gasteiger partial charge in [0.25, 0.3) is 0 Å². The van der Waals surface area contributed by atoms with Gasteiger partial charge in [0.1, 0.15) is 17.4 Å². The fourth-order valence-electron chi connectivity index (χ4n) is 4.11. The first-order valence-corrected chi connectivity index (χ1v) is 11.5. The summed E-state index contributed by atoms with van der Waals surface area (Å²) in [5, 5.41) is 13.5. The first-order chi connectivity index (χ1) is 17.0. The molecule has 1 fully saturated rings. The number of carbonyl (C=O) groups is 2. The third kappa shape index (κ3) is 5.58. The number of hydrogen-bond donors (Lipinski definition) is 2. The zero-order chi connectivity index (χ0) is 26.0. The van der Waals surface area contributed by atoms with Crippen molar-refractivity contribution in [1.82, 2.24) is 24.4 Å². The number of fused-ring (bicyclic) bond motifs is 1. The van der Waals surface area contributed by atoms with Gasteiger partial charge in [-0.25, -0.2) is 18.5 Å². The Bertz CT molecular complexity index is 1270. The number of likely N-dealkylation sites (tertiary alicyclic amines) is 1. The van der Waals surface area contributed by atoms with E-state index in [0.29, 0.717) is 37.0 Å². The monoisotopic (exact) mass is 500 g/mol. The molecule has 1 aliphatic heterocycles. The van der Waals surface area contributed by atoms with Crippen LogP contribution < -0.4 is 10.5 Å². The number of anilines is 1. The van der Waals surface area contributed by atoms with Crippen LogP contribution in [0.4, 0.5) is 19.7 Å². The number of ether oxygens (including phenoxy) is 2. The van der Waals surface area contributed by atoms with Crippen LogP contribution in [0.5, 0.6) is 11.6 Å². The van der Waals surface area contributed by atoms with Crippen LogP contribution in [0.3, 0.4) is 0 Å². The lowest BCUT2D eigenvalue weighted by Gasteiger charge is -2.38. The first kappa shape index (κ1) is 25.0. The number of carboxylic acid groups (broad SMARTS) is 1. The van der Waals surface area contributed by atoms with Crippen molar-refractivity contribution in [2.75, 3.05) is 18.8 Å². The van der Waals surface area contributed by atoms with E-state index in [1.54, 1.807) is 37.9 Å². The fraction of sp³-hybridized carbons (Fsp3) is 0.417. The maximum Gasteiger partial charge on any atom is 0.410 e. The van der Waals surface area contributed by atoms with Gasteiger partial charge < -0.3 is 30.1 Å². The number of benzene rings is 1. The van der Waals surface area contributed by atoms with E-state index in [1.807, 2.05) is 0 Å². The molecule has 192 valence electrons. The molecule has 1 saturated heterocycles. The van der Waals surface area contributed by atoms with Crippen LogP contribution >= 0.6 is 0 Å². The van der Waals surface area contributed by atoms with Crippen molar-refractivity contribution in [3.05, 3.63) is 48.2 Å². The third-order valence-corrected chi connectivity index (χ3v) is 5.81. The molecule has 3 aromatic rings. The van der Waals surface area contributed by atoms with Crippen molar-refractivity contribution >= 4 is 23.4 Å². The second-order valence-corrected chi connectivity index (χ2v) is 9.60.